The quantitative estimate of drug-likeness (QED) is 0.739. The molecule has 3 N–H and O–H groups in total. The number of hydrogen-bond acceptors (Lipinski definition) is 5. The largest absolute Gasteiger partial charge is 0.504 e. The smallest absolute Gasteiger partial charge is 0.329 e. The minimum Gasteiger partial charge on any atom is -0.504 e. The molecular weight excluding hydrogens is 367 g/mol. The molecule has 1 aromatic carbocycles. The second kappa shape index (κ2) is 5.75. The number of fused-ring (bicyclic) bond motifs is 1. The minimum atomic E-state index is -3.23. The van der Waals surface area contributed by atoms with E-state index in [0.717, 1.165) is 4.90 Å². The van der Waals surface area contributed by atoms with Gasteiger partial charge in [0, 0.05) is 18.2 Å². The van der Waals surface area contributed by atoms with E-state index < -0.39 is 47.8 Å². The summed E-state index contributed by atoms with van der Waals surface area (Å²) in [4.78, 5) is 27.6. The van der Waals surface area contributed by atoms with Gasteiger partial charge >= 0.3 is 5.69 Å². The normalized spacial score (nSPS) is 22.0. The Labute approximate surface area is 150 Å². The number of benzene rings is 1. The van der Waals surface area contributed by atoms with Crippen LogP contribution in [0.15, 0.2) is 9.59 Å². The highest BCUT2D eigenvalue weighted by atomic mass is 19.3. The van der Waals surface area contributed by atoms with Gasteiger partial charge in [0.2, 0.25) is 0 Å². The summed E-state index contributed by atoms with van der Waals surface area (Å²) >= 11 is 0. The summed E-state index contributed by atoms with van der Waals surface area (Å²) in [5.41, 5.74) is -1.72. The Balaban J connectivity index is 2.02. The summed E-state index contributed by atoms with van der Waals surface area (Å²) in [6.07, 6.45) is 1.37. The van der Waals surface area contributed by atoms with Gasteiger partial charge in [-0.2, -0.15) is 0 Å². The number of aliphatic hydroxyl groups is 1. The highest BCUT2D eigenvalue weighted by Gasteiger charge is 2.49. The number of anilines is 1. The lowest BCUT2D eigenvalue weighted by Crippen LogP contribution is -2.32. The van der Waals surface area contributed by atoms with Crippen LogP contribution in [0.3, 0.4) is 0 Å². The summed E-state index contributed by atoms with van der Waals surface area (Å²) in [7, 11) is 0. The van der Waals surface area contributed by atoms with Crippen molar-refractivity contribution in [3.63, 3.8) is 0 Å². The average Bonchev–Trinajstić information content (AvgIpc) is 3.36. The van der Waals surface area contributed by atoms with Crippen LogP contribution >= 0.6 is 0 Å². The molecule has 0 bridgehead atoms. The van der Waals surface area contributed by atoms with Crippen LogP contribution in [0, 0.1) is 18.7 Å². The molecule has 1 saturated heterocycles. The first-order chi connectivity index (χ1) is 12.7. The molecule has 2 aliphatic rings. The lowest BCUT2D eigenvalue weighted by Gasteiger charge is -2.24. The van der Waals surface area contributed by atoms with Gasteiger partial charge in [-0.1, -0.05) is 0 Å². The van der Waals surface area contributed by atoms with Crippen molar-refractivity contribution in [2.24, 2.45) is 5.92 Å². The van der Waals surface area contributed by atoms with Crippen molar-refractivity contribution in [1.82, 2.24) is 9.55 Å². The molecular formula is C17H18F3N3O4. The SMILES string of the molecule is Cc1c(N2CC(CO)C(F)(F)C2)c(F)c(O)c2c(=O)[nH]c(=O)n(C3CC3)c12. The highest BCUT2D eigenvalue weighted by Crippen LogP contribution is 2.44. The lowest BCUT2D eigenvalue weighted by molar-refractivity contribution is -0.0391. The van der Waals surface area contributed by atoms with Crippen LogP contribution in [-0.4, -0.2) is 45.4 Å². The molecule has 4 rings (SSSR count). The van der Waals surface area contributed by atoms with E-state index in [2.05, 4.69) is 4.98 Å². The molecule has 2 heterocycles. The molecule has 1 unspecified atom stereocenters. The molecule has 1 aromatic heterocycles. The number of aryl methyl sites for hydroxylation is 1. The van der Waals surface area contributed by atoms with Gasteiger partial charge in [0.25, 0.3) is 11.5 Å². The van der Waals surface area contributed by atoms with Crippen LogP contribution in [0.4, 0.5) is 18.9 Å². The number of alkyl halides is 2. The molecule has 1 atom stereocenters. The van der Waals surface area contributed by atoms with Gasteiger partial charge < -0.3 is 15.1 Å². The van der Waals surface area contributed by atoms with Crippen molar-refractivity contribution >= 4 is 16.6 Å². The molecule has 0 amide bonds. The van der Waals surface area contributed by atoms with Crippen LogP contribution in [0.5, 0.6) is 5.75 Å². The molecule has 7 nitrogen and oxygen atoms in total. The second-order valence-corrected chi connectivity index (χ2v) is 7.24. The molecule has 1 aliphatic carbocycles. The molecule has 10 heteroatoms. The lowest BCUT2D eigenvalue weighted by atomic mass is 10.1. The maximum Gasteiger partial charge on any atom is 0.329 e. The van der Waals surface area contributed by atoms with Gasteiger partial charge in [0.1, 0.15) is 5.39 Å². The van der Waals surface area contributed by atoms with Gasteiger partial charge in [-0.05, 0) is 19.8 Å². The number of aromatic hydroxyl groups is 1. The maximum atomic E-state index is 14.9. The summed E-state index contributed by atoms with van der Waals surface area (Å²) in [5.74, 6) is -6.78. The number of nitrogens with zero attached hydrogens (tertiary/aromatic N) is 2. The van der Waals surface area contributed by atoms with Crippen molar-refractivity contribution < 1.29 is 23.4 Å². The number of phenols is 1. The molecule has 146 valence electrons. The van der Waals surface area contributed by atoms with Crippen LogP contribution in [-0.2, 0) is 0 Å². The number of aromatic amines is 1. The minimum absolute atomic E-state index is 0.0518. The van der Waals surface area contributed by atoms with E-state index in [1.165, 1.54) is 11.5 Å². The van der Waals surface area contributed by atoms with E-state index in [0.29, 0.717) is 12.8 Å². The second-order valence-electron chi connectivity index (χ2n) is 7.24. The van der Waals surface area contributed by atoms with E-state index in [4.69, 9.17) is 0 Å². The van der Waals surface area contributed by atoms with Crippen molar-refractivity contribution in [3.8, 4) is 5.75 Å². The van der Waals surface area contributed by atoms with E-state index in [1.54, 1.807) is 0 Å². The number of rotatable bonds is 3. The van der Waals surface area contributed by atoms with E-state index >= 15 is 0 Å². The predicted octanol–water partition coefficient (Wildman–Crippen LogP) is 1.24. The number of aromatic nitrogens is 2. The molecule has 2 fully saturated rings. The maximum absolute atomic E-state index is 14.9. The first-order valence-electron chi connectivity index (χ1n) is 8.60. The third kappa shape index (κ3) is 2.53. The zero-order valence-electron chi connectivity index (χ0n) is 14.4. The summed E-state index contributed by atoms with van der Waals surface area (Å²) in [6.45, 7) is -0.487. The highest BCUT2D eigenvalue weighted by molar-refractivity contribution is 5.92. The van der Waals surface area contributed by atoms with Crippen molar-refractivity contribution in [2.45, 2.75) is 31.7 Å². The van der Waals surface area contributed by atoms with Gasteiger partial charge in [-0.15, -0.1) is 0 Å². The third-order valence-electron chi connectivity index (χ3n) is 5.40. The van der Waals surface area contributed by atoms with Crippen molar-refractivity contribution in [1.29, 1.82) is 0 Å². The van der Waals surface area contributed by atoms with Crippen LogP contribution < -0.4 is 16.1 Å². The monoisotopic (exact) mass is 385 g/mol. The number of hydrogen-bond donors (Lipinski definition) is 3. The molecule has 1 saturated carbocycles. The Morgan fingerprint density at radius 2 is 1.96 bits per heavy atom. The van der Waals surface area contributed by atoms with Crippen LogP contribution in [0.25, 0.3) is 10.9 Å². The Bertz CT molecular complexity index is 1060. The van der Waals surface area contributed by atoms with Gasteiger partial charge in [-0.25, -0.2) is 18.0 Å². The number of H-pyrrole nitrogens is 1. The fourth-order valence-corrected chi connectivity index (χ4v) is 3.90. The molecule has 27 heavy (non-hydrogen) atoms. The zero-order valence-corrected chi connectivity index (χ0v) is 14.4. The fraction of sp³-hybridized carbons (Fsp3) is 0.529. The molecule has 0 spiro atoms. The van der Waals surface area contributed by atoms with Crippen LogP contribution in [0.1, 0.15) is 24.4 Å². The van der Waals surface area contributed by atoms with Gasteiger partial charge in [0.05, 0.1) is 30.3 Å². The number of nitrogens with one attached hydrogen (secondary N) is 1. The van der Waals surface area contributed by atoms with E-state index in [9.17, 15) is 33.0 Å². The topological polar surface area (TPSA) is 98.6 Å². The Hall–Kier alpha value is -2.49. The first-order valence-corrected chi connectivity index (χ1v) is 8.60. The molecule has 1 aliphatic heterocycles. The van der Waals surface area contributed by atoms with Gasteiger partial charge in [-0.3, -0.25) is 14.3 Å². The summed E-state index contributed by atoms with van der Waals surface area (Å²) in [5, 5.41) is 19.1. The van der Waals surface area contributed by atoms with Crippen LogP contribution in [0.2, 0.25) is 0 Å². The third-order valence-corrected chi connectivity index (χ3v) is 5.40. The fourth-order valence-electron chi connectivity index (χ4n) is 3.90. The van der Waals surface area contributed by atoms with Gasteiger partial charge in [0.15, 0.2) is 11.6 Å². The zero-order chi connectivity index (χ0) is 19.7. The number of aliphatic hydroxyl groups excluding tert-OH is 1. The Morgan fingerprint density at radius 3 is 2.52 bits per heavy atom. The Kier molecular flexibility index (Phi) is 3.81. The predicted molar refractivity (Wildman–Crippen MR) is 91.2 cm³/mol. The van der Waals surface area contributed by atoms with E-state index in [-0.39, 0.29) is 34.7 Å². The molecule has 0 radical (unpaired) electrons. The summed E-state index contributed by atoms with van der Waals surface area (Å²) < 4.78 is 44.3. The van der Waals surface area contributed by atoms with Crippen molar-refractivity contribution in [3.05, 3.63) is 32.2 Å². The molecule has 2 aromatic rings. The number of halogens is 3. The first kappa shape index (κ1) is 17.9. The standard InChI is InChI=1S/C17H18F3N3O4/c1-7-12-10(15(26)21-16(27)23(12)9-2-3-9)14(25)11(18)13(7)22-4-8(5-24)17(19,20)6-22/h8-9,24-25H,2-6H2,1H3,(H,21,26,27). The Morgan fingerprint density at radius 1 is 1.30 bits per heavy atom. The van der Waals surface area contributed by atoms with Crippen molar-refractivity contribution in [2.75, 3.05) is 24.6 Å². The number of phenolic OH excluding ortho intramolecular Hbond substituents is 1. The average molecular weight is 385 g/mol. The van der Waals surface area contributed by atoms with E-state index in [1.807, 2.05) is 0 Å². The summed E-state index contributed by atoms with van der Waals surface area (Å²) in [6, 6.07) is -0.196.